The second-order valence-electron chi connectivity index (χ2n) is 7.76. The largest absolute Gasteiger partial charge is 0.480 e. The molecule has 2 aliphatic rings. The second-order valence-corrected chi connectivity index (χ2v) is 8.13. The van der Waals surface area contributed by atoms with Gasteiger partial charge < -0.3 is 30.9 Å². The van der Waals surface area contributed by atoms with Crippen LogP contribution in [0.4, 0.5) is 0 Å². The van der Waals surface area contributed by atoms with E-state index in [2.05, 4.69) is 38.5 Å². The third kappa shape index (κ3) is 5.76. The molecule has 3 heterocycles. The predicted molar refractivity (Wildman–Crippen MR) is 113 cm³/mol. The molecule has 4 unspecified atom stereocenters. The molecule has 0 bridgehead atoms. The third-order valence-corrected chi connectivity index (χ3v) is 5.97. The number of carboxylic acids is 1. The lowest BCUT2D eigenvalue weighted by molar-refractivity contribution is -0.144. The first-order chi connectivity index (χ1) is 14.9. The van der Waals surface area contributed by atoms with Crippen molar-refractivity contribution in [3.05, 3.63) is 18.2 Å². The highest BCUT2D eigenvalue weighted by molar-refractivity contribution is 7.80. The Balaban J connectivity index is 1.72. The van der Waals surface area contributed by atoms with Crippen molar-refractivity contribution in [2.75, 3.05) is 18.8 Å². The van der Waals surface area contributed by atoms with Crippen molar-refractivity contribution in [2.24, 2.45) is 0 Å². The Morgan fingerprint density at radius 2 is 1.97 bits per heavy atom. The van der Waals surface area contributed by atoms with Crippen LogP contribution in [0.2, 0.25) is 0 Å². The number of carbonyl (C=O) groups excluding carboxylic acids is 3. The number of thiol groups is 1. The molecule has 2 saturated heterocycles. The van der Waals surface area contributed by atoms with Crippen molar-refractivity contribution >= 4 is 36.3 Å². The Labute approximate surface area is 185 Å². The van der Waals surface area contributed by atoms with Crippen LogP contribution in [0.5, 0.6) is 0 Å². The second kappa shape index (κ2) is 10.6. The van der Waals surface area contributed by atoms with Crippen LogP contribution in [0.1, 0.15) is 31.4 Å². The van der Waals surface area contributed by atoms with Gasteiger partial charge in [0.1, 0.15) is 18.1 Å². The Hall–Kier alpha value is -2.60. The minimum absolute atomic E-state index is 0.0609. The minimum Gasteiger partial charge on any atom is -0.480 e. The average Bonchev–Trinajstić information content (AvgIpc) is 3.52. The number of rotatable bonds is 9. The van der Waals surface area contributed by atoms with Crippen molar-refractivity contribution in [1.82, 2.24) is 30.8 Å². The van der Waals surface area contributed by atoms with E-state index in [0.717, 1.165) is 13.0 Å². The number of likely N-dealkylation sites (tertiary alicyclic amines) is 1. The van der Waals surface area contributed by atoms with Gasteiger partial charge in [-0.1, -0.05) is 0 Å². The van der Waals surface area contributed by atoms with Crippen molar-refractivity contribution in [1.29, 1.82) is 0 Å². The lowest BCUT2D eigenvalue weighted by Gasteiger charge is -2.29. The fourth-order valence-electron chi connectivity index (χ4n) is 3.95. The molecule has 12 heteroatoms. The minimum atomic E-state index is -1.19. The molecule has 2 fully saturated rings. The molecular weight excluding hydrogens is 424 g/mol. The van der Waals surface area contributed by atoms with E-state index >= 15 is 0 Å². The molecule has 0 spiro atoms. The number of carbonyl (C=O) groups is 4. The monoisotopic (exact) mass is 452 g/mol. The maximum absolute atomic E-state index is 13.4. The Morgan fingerprint density at radius 3 is 2.58 bits per heavy atom. The number of imidazole rings is 1. The van der Waals surface area contributed by atoms with Gasteiger partial charge in [0.15, 0.2) is 0 Å². The van der Waals surface area contributed by atoms with Gasteiger partial charge >= 0.3 is 5.97 Å². The van der Waals surface area contributed by atoms with E-state index in [1.807, 2.05) is 0 Å². The number of carboxylic acid groups (broad SMARTS) is 1. The first-order valence-electron chi connectivity index (χ1n) is 10.4. The molecule has 0 radical (unpaired) electrons. The van der Waals surface area contributed by atoms with E-state index in [4.69, 9.17) is 5.11 Å². The number of amides is 3. The molecule has 0 saturated carbocycles. The van der Waals surface area contributed by atoms with E-state index in [9.17, 15) is 19.2 Å². The zero-order valence-corrected chi connectivity index (χ0v) is 17.9. The van der Waals surface area contributed by atoms with Gasteiger partial charge in [0.2, 0.25) is 17.7 Å². The number of aromatic nitrogens is 2. The van der Waals surface area contributed by atoms with Crippen LogP contribution in [0, 0.1) is 0 Å². The van der Waals surface area contributed by atoms with Crippen LogP contribution in [0.25, 0.3) is 0 Å². The smallest absolute Gasteiger partial charge is 0.327 e. The van der Waals surface area contributed by atoms with Crippen molar-refractivity contribution < 1.29 is 24.3 Å². The third-order valence-electron chi connectivity index (χ3n) is 5.61. The van der Waals surface area contributed by atoms with Crippen LogP contribution in [0.15, 0.2) is 12.5 Å². The zero-order chi connectivity index (χ0) is 22.4. The molecule has 1 aromatic heterocycles. The molecule has 31 heavy (non-hydrogen) atoms. The van der Waals surface area contributed by atoms with E-state index in [1.165, 1.54) is 11.2 Å². The highest BCUT2D eigenvalue weighted by Gasteiger charge is 2.39. The number of nitrogens with zero attached hydrogens (tertiary/aromatic N) is 2. The van der Waals surface area contributed by atoms with Gasteiger partial charge in [-0.15, -0.1) is 0 Å². The van der Waals surface area contributed by atoms with Crippen LogP contribution in [-0.2, 0) is 25.6 Å². The van der Waals surface area contributed by atoms with E-state index in [1.54, 1.807) is 6.20 Å². The summed E-state index contributed by atoms with van der Waals surface area (Å²) in [5.74, 6) is -2.41. The maximum Gasteiger partial charge on any atom is 0.327 e. The molecule has 170 valence electrons. The molecule has 0 aliphatic carbocycles. The maximum atomic E-state index is 13.4. The van der Waals surface area contributed by atoms with Gasteiger partial charge in [-0.2, -0.15) is 12.6 Å². The standard InChI is InChI=1S/C19H28N6O5S/c26-16(12-3-1-5-21-12)23-13(7-11-8-20-10-22-11)18(28)25-6-2-4-15(25)17(27)24-14(9-31)19(29)30/h8,10,12-15,21,31H,1-7,9H2,(H,20,22)(H,23,26)(H,24,27)(H,29,30). The molecule has 11 nitrogen and oxygen atoms in total. The molecule has 4 atom stereocenters. The molecule has 5 N–H and O–H groups in total. The molecule has 2 aliphatic heterocycles. The summed E-state index contributed by atoms with van der Waals surface area (Å²) in [6.45, 7) is 1.11. The van der Waals surface area contributed by atoms with Crippen molar-refractivity contribution in [2.45, 2.75) is 56.3 Å². The van der Waals surface area contributed by atoms with Gasteiger partial charge in [-0.25, -0.2) is 9.78 Å². The van der Waals surface area contributed by atoms with Crippen molar-refractivity contribution in [3.63, 3.8) is 0 Å². The molecular formula is C19H28N6O5S. The zero-order valence-electron chi connectivity index (χ0n) is 17.0. The highest BCUT2D eigenvalue weighted by atomic mass is 32.1. The van der Waals surface area contributed by atoms with E-state index < -0.39 is 30.0 Å². The Morgan fingerprint density at radius 1 is 1.19 bits per heavy atom. The normalized spacial score (nSPS) is 22.7. The number of nitrogens with one attached hydrogen (secondary N) is 4. The summed E-state index contributed by atoms with van der Waals surface area (Å²) >= 11 is 3.96. The summed E-state index contributed by atoms with van der Waals surface area (Å²) in [5, 5.41) is 17.5. The predicted octanol–water partition coefficient (Wildman–Crippen LogP) is -1.32. The SMILES string of the molecule is O=C(O)C(CS)NC(=O)C1CCCN1C(=O)C(Cc1cnc[nH]1)NC(=O)C1CCCN1. The van der Waals surface area contributed by atoms with Gasteiger partial charge in [0.05, 0.1) is 12.4 Å². The summed E-state index contributed by atoms with van der Waals surface area (Å²) in [6, 6.07) is -3.15. The summed E-state index contributed by atoms with van der Waals surface area (Å²) in [6.07, 6.45) is 5.90. The molecule has 3 amide bonds. The summed E-state index contributed by atoms with van der Waals surface area (Å²) in [5.41, 5.74) is 0.680. The van der Waals surface area contributed by atoms with Crippen LogP contribution >= 0.6 is 12.6 Å². The van der Waals surface area contributed by atoms with E-state index in [0.29, 0.717) is 31.5 Å². The van der Waals surface area contributed by atoms with Gasteiger partial charge in [-0.3, -0.25) is 14.4 Å². The fourth-order valence-corrected chi connectivity index (χ4v) is 4.20. The number of hydrogen-bond donors (Lipinski definition) is 6. The van der Waals surface area contributed by atoms with Crippen LogP contribution < -0.4 is 16.0 Å². The van der Waals surface area contributed by atoms with Crippen LogP contribution in [0.3, 0.4) is 0 Å². The van der Waals surface area contributed by atoms with Crippen LogP contribution in [-0.4, -0.2) is 86.7 Å². The molecule has 0 aromatic carbocycles. The molecule has 1 aromatic rings. The topological polar surface area (TPSA) is 157 Å². The van der Waals surface area contributed by atoms with Gasteiger partial charge in [0, 0.05) is 30.6 Å². The average molecular weight is 453 g/mol. The lowest BCUT2D eigenvalue weighted by Crippen LogP contribution is -2.57. The Kier molecular flexibility index (Phi) is 7.91. The Bertz CT molecular complexity index is 798. The molecule has 3 rings (SSSR count). The number of aliphatic carboxylic acids is 1. The lowest BCUT2D eigenvalue weighted by atomic mass is 10.1. The summed E-state index contributed by atoms with van der Waals surface area (Å²) < 4.78 is 0. The van der Waals surface area contributed by atoms with Gasteiger partial charge in [-0.05, 0) is 32.2 Å². The quantitative estimate of drug-likeness (QED) is 0.254. The summed E-state index contributed by atoms with van der Waals surface area (Å²) in [7, 11) is 0. The van der Waals surface area contributed by atoms with E-state index in [-0.39, 0.29) is 30.0 Å². The highest BCUT2D eigenvalue weighted by Crippen LogP contribution is 2.20. The summed E-state index contributed by atoms with van der Waals surface area (Å²) in [4.78, 5) is 58.3. The first kappa shape index (κ1) is 23.1. The van der Waals surface area contributed by atoms with Crippen molar-refractivity contribution in [3.8, 4) is 0 Å². The number of hydrogen-bond acceptors (Lipinski definition) is 7. The number of aromatic amines is 1. The van der Waals surface area contributed by atoms with Gasteiger partial charge in [0.25, 0.3) is 0 Å². The first-order valence-corrected chi connectivity index (χ1v) is 11.0. The number of H-pyrrole nitrogens is 1. The fraction of sp³-hybridized carbons (Fsp3) is 0.632.